The zero-order valence-electron chi connectivity index (χ0n) is 9.34. The summed E-state index contributed by atoms with van der Waals surface area (Å²) >= 11 is 3.40. The van der Waals surface area contributed by atoms with Gasteiger partial charge in [0.05, 0.1) is 21.9 Å². The Morgan fingerprint density at radius 3 is 2.83 bits per heavy atom. The van der Waals surface area contributed by atoms with Crippen LogP contribution in [0.3, 0.4) is 0 Å². The van der Waals surface area contributed by atoms with E-state index in [4.69, 9.17) is 0 Å². The van der Waals surface area contributed by atoms with Crippen LogP contribution in [0.2, 0.25) is 0 Å². The third-order valence-electron chi connectivity index (χ3n) is 2.52. The van der Waals surface area contributed by atoms with Crippen molar-refractivity contribution < 1.29 is 0 Å². The summed E-state index contributed by atoms with van der Waals surface area (Å²) < 4.78 is 0.818. The summed E-state index contributed by atoms with van der Waals surface area (Å²) in [5.74, 6) is 0.724. The van der Waals surface area contributed by atoms with Crippen LogP contribution in [-0.2, 0) is 0 Å². The van der Waals surface area contributed by atoms with Crippen LogP contribution in [0, 0.1) is 0 Å². The second-order valence-corrected chi connectivity index (χ2v) is 4.62. The highest BCUT2D eigenvalue weighted by molar-refractivity contribution is 9.10. The molecule has 0 bridgehead atoms. The molecule has 1 N–H and O–H groups in total. The molecule has 0 spiro atoms. The molecule has 0 saturated heterocycles. The van der Waals surface area contributed by atoms with Crippen molar-refractivity contribution in [3.8, 4) is 0 Å². The first-order valence-electron chi connectivity index (χ1n) is 5.40. The number of nitrogens with one attached hydrogen (secondary N) is 1. The van der Waals surface area contributed by atoms with Crippen molar-refractivity contribution in [2.24, 2.45) is 0 Å². The molecule has 3 rings (SSSR count). The third kappa shape index (κ3) is 2.17. The maximum atomic E-state index is 4.39. The van der Waals surface area contributed by atoms with Gasteiger partial charge in [0, 0.05) is 11.6 Å². The number of halogens is 1. The van der Waals surface area contributed by atoms with Gasteiger partial charge in [-0.1, -0.05) is 18.2 Å². The van der Waals surface area contributed by atoms with Crippen LogP contribution in [0.1, 0.15) is 0 Å². The molecule has 0 aliphatic rings. The van der Waals surface area contributed by atoms with E-state index in [1.165, 1.54) is 6.33 Å². The van der Waals surface area contributed by atoms with Crippen molar-refractivity contribution >= 4 is 38.3 Å². The molecule has 5 heteroatoms. The highest BCUT2D eigenvalue weighted by Crippen LogP contribution is 2.23. The van der Waals surface area contributed by atoms with Gasteiger partial charge in [0.1, 0.15) is 12.1 Å². The number of anilines is 2. The molecule has 4 nitrogen and oxygen atoms in total. The molecule has 18 heavy (non-hydrogen) atoms. The largest absolute Gasteiger partial charge is 0.338 e. The predicted octanol–water partition coefficient (Wildman–Crippen LogP) is 3.53. The highest BCUT2D eigenvalue weighted by Gasteiger charge is 2.02. The van der Waals surface area contributed by atoms with E-state index >= 15 is 0 Å². The van der Waals surface area contributed by atoms with Crippen LogP contribution >= 0.6 is 15.9 Å². The van der Waals surface area contributed by atoms with Crippen molar-refractivity contribution in [3.05, 3.63) is 53.5 Å². The van der Waals surface area contributed by atoms with Crippen LogP contribution in [0.15, 0.2) is 53.5 Å². The molecule has 2 heterocycles. The van der Waals surface area contributed by atoms with Crippen LogP contribution in [0.5, 0.6) is 0 Å². The summed E-state index contributed by atoms with van der Waals surface area (Å²) in [6.07, 6.45) is 4.99. The molecule has 88 valence electrons. The Kier molecular flexibility index (Phi) is 2.90. The fourth-order valence-corrected chi connectivity index (χ4v) is 2.00. The van der Waals surface area contributed by atoms with E-state index in [1.807, 2.05) is 30.3 Å². The molecule has 1 aromatic carbocycles. The minimum Gasteiger partial charge on any atom is -0.338 e. The molecule has 0 radical (unpaired) electrons. The molecule has 0 aliphatic heterocycles. The van der Waals surface area contributed by atoms with E-state index in [2.05, 4.69) is 36.2 Å². The summed E-state index contributed by atoms with van der Waals surface area (Å²) in [5, 5.41) is 4.29. The lowest BCUT2D eigenvalue weighted by Crippen LogP contribution is -1.95. The first-order chi connectivity index (χ1) is 8.83. The maximum Gasteiger partial charge on any atom is 0.148 e. The molecule has 2 aromatic heterocycles. The number of aromatic nitrogens is 3. The van der Waals surface area contributed by atoms with Gasteiger partial charge in [-0.3, -0.25) is 4.98 Å². The average molecular weight is 301 g/mol. The molecule has 0 aliphatic carbocycles. The van der Waals surface area contributed by atoms with Crippen LogP contribution in [-0.4, -0.2) is 15.0 Å². The van der Waals surface area contributed by atoms with Crippen molar-refractivity contribution in [2.45, 2.75) is 0 Å². The van der Waals surface area contributed by atoms with E-state index in [0.29, 0.717) is 0 Å². The number of nitrogens with zero attached hydrogens (tertiary/aromatic N) is 3. The first kappa shape index (κ1) is 11.1. The molecular weight excluding hydrogens is 292 g/mol. The van der Waals surface area contributed by atoms with Crippen molar-refractivity contribution in [1.82, 2.24) is 15.0 Å². The van der Waals surface area contributed by atoms with Gasteiger partial charge in [-0.15, -0.1) is 0 Å². The van der Waals surface area contributed by atoms with Gasteiger partial charge in [0.15, 0.2) is 0 Å². The summed E-state index contributed by atoms with van der Waals surface area (Å²) in [5.41, 5.74) is 1.87. The van der Waals surface area contributed by atoms with Crippen molar-refractivity contribution in [2.75, 3.05) is 5.32 Å². The number of benzene rings is 1. The quantitative estimate of drug-likeness (QED) is 0.786. The van der Waals surface area contributed by atoms with Gasteiger partial charge in [0.2, 0.25) is 0 Å². The minimum absolute atomic E-state index is 0.724. The molecule has 0 unspecified atom stereocenters. The SMILES string of the molecule is Brc1cncnc1Nc1cnc2ccccc2c1. The second-order valence-electron chi connectivity index (χ2n) is 3.76. The highest BCUT2D eigenvalue weighted by atomic mass is 79.9. The topological polar surface area (TPSA) is 50.7 Å². The summed E-state index contributed by atoms with van der Waals surface area (Å²) in [6, 6.07) is 10.0. The van der Waals surface area contributed by atoms with E-state index in [1.54, 1.807) is 12.4 Å². The fraction of sp³-hybridized carbons (Fsp3) is 0. The maximum absolute atomic E-state index is 4.39. The standard InChI is InChI=1S/C13H9BrN4/c14-11-7-15-8-17-13(11)18-10-5-9-3-1-2-4-12(9)16-6-10/h1-8H,(H,15,17,18). The van der Waals surface area contributed by atoms with E-state index in [-0.39, 0.29) is 0 Å². The summed E-state index contributed by atoms with van der Waals surface area (Å²) in [4.78, 5) is 12.5. The summed E-state index contributed by atoms with van der Waals surface area (Å²) in [6.45, 7) is 0. The minimum atomic E-state index is 0.724. The number of hydrogen-bond donors (Lipinski definition) is 1. The molecule has 0 atom stereocenters. The molecule has 0 fully saturated rings. The van der Waals surface area contributed by atoms with Gasteiger partial charge in [-0.25, -0.2) is 9.97 Å². The lowest BCUT2D eigenvalue weighted by molar-refractivity contribution is 1.15. The van der Waals surface area contributed by atoms with Crippen LogP contribution in [0.25, 0.3) is 10.9 Å². The summed E-state index contributed by atoms with van der Waals surface area (Å²) in [7, 11) is 0. The number of para-hydroxylation sites is 1. The molecule has 3 aromatic rings. The average Bonchev–Trinajstić information content (AvgIpc) is 2.41. The lowest BCUT2D eigenvalue weighted by atomic mass is 10.2. The van der Waals surface area contributed by atoms with E-state index in [9.17, 15) is 0 Å². The third-order valence-corrected chi connectivity index (χ3v) is 3.10. The molecule has 0 saturated carbocycles. The van der Waals surface area contributed by atoms with Crippen LogP contribution < -0.4 is 5.32 Å². The van der Waals surface area contributed by atoms with Gasteiger partial charge >= 0.3 is 0 Å². The zero-order valence-corrected chi connectivity index (χ0v) is 10.9. The van der Waals surface area contributed by atoms with Crippen molar-refractivity contribution in [3.63, 3.8) is 0 Å². The van der Waals surface area contributed by atoms with Gasteiger partial charge in [-0.2, -0.15) is 0 Å². The number of fused-ring (bicyclic) bond motifs is 1. The molecular formula is C13H9BrN4. The Balaban J connectivity index is 1.98. The van der Waals surface area contributed by atoms with Crippen molar-refractivity contribution in [1.29, 1.82) is 0 Å². The Morgan fingerprint density at radius 1 is 1.06 bits per heavy atom. The van der Waals surface area contributed by atoms with Gasteiger partial charge in [0.25, 0.3) is 0 Å². The number of rotatable bonds is 2. The Hall–Kier alpha value is -2.01. The van der Waals surface area contributed by atoms with Gasteiger partial charge in [-0.05, 0) is 28.1 Å². The van der Waals surface area contributed by atoms with E-state index < -0.39 is 0 Å². The predicted molar refractivity (Wildman–Crippen MR) is 74.8 cm³/mol. The van der Waals surface area contributed by atoms with E-state index in [0.717, 1.165) is 26.9 Å². The Bertz CT molecular complexity index is 699. The Labute approximate surface area is 112 Å². The Morgan fingerprint density at radius 2 is 1.94 bits per heavy atom. The zero-order chi connectivity index (χ0) is 12.4. The molecule has 0 amide bonds. The second kappa shape index (κ2) is 4.70. The number of hydrogen-bond acceptors (Lipinski definition) is 4. The number of pyridine rings is 1. The van der Waals surface area contributed by atoms with Crippen LogP contribution in [0.4, 0.5) is 11.5 Å². The smallest absolute Gasteiger partial charge is 0.148 e. The fourth-order valence-electron chi connectivity index (χ4n) is 1.68. The first-order valence-corrected chi connectivity index (χ1v) is 6.19. The lowest BCUT2D eigenvalue weighted by Gasteiger charge is -2.07. The van der Waals surface area contributed by atoms with Gasteiger partial charge < -0.3 is 5.32 Å². The normalized spacial score (nSPS) is 10.5. The monoisotopic (exact) mass is 300 g/mol.